The van der Waals surface area contributed by atoms with Crippen LogP contribution in [0.15, 0.2) is 12.7 Å². The predicted octanol–water partition coefficient (Wildman–Crippen LogP) is 1.96. The Kier molecular flexibility index (Phi) is 4.08. The zero-order valence-electron chi connectivity index (χ0n) is 11.6. The summed E-state index contributed by atoms with van der Waals surface area (Å²) in [5.74, 6) is 0.506. The quantitative estimate of drug-likeness (QED) is 0.876. The third kappa shape index (κ3) is 3.57. The lowest BCUT2D eigenvalue weighted by molar-refractivity contribution is 0.0526. The van der Waals surface area contributed by atoms with Crippen LogP contribution in [0.2, 0.25) is 5.15 Å². The number of aromatic nitrogens is 4. The normalized spacial score (nSPS) is 11.6. The highest BCUT2D eigenvalue weighted by Gasteiger charge is 2.17. The lowest BCUT2D eigenvalue weighted by Gasteiger charge is -2.20. The molecule has 1 N–H and O–H groups in total. The molecule has 0 spiro atoms. The second-order valence-corrected chi connectivity index (χ2v) is 5.56. The van der Waals surface area contributed by atoms with Gasteiger partial charge in [0.05, 0.1) is 6.33 Å². The fraction of sp³-hybridized carbons (Fsp3) is 0.500. The number of imidazole rings is 1. The van der Waals surface area contributed by atoms with Gasteiger partial charge in [-0.1, -0.05) is 11.6 Å². The van der Waals surface area contributed by atoms with Gasteiger partial charge in [-0.05, 0) is 20.8 Å². The maximum Gasteiger partial charge on any atom is 0.407 e. The molecule has 0 fully saturated rings. The molecule has 0 aromatic heterocycles. The van der Waals surface area contributed by atoms with Gasteiger partial charge in [0.15, 0.2) is 5.82 Å². The first-order valence-electron chi connectivity index (χ1n) is 6.15. The molecule has 0 atom stereocenters. The molecule has 0 aromatic rings. The van der Waals surface area contributed by atoms with Crippen LogP contribution in [0.3, 0.4) is 0 Å². The van der Waals surface area contributed by atoms with Crippen LogP contribution in [0, 0.1) is 0 Å². The van der Waals surface area contributed by atoms with Crippen LogP contribution in [0.4, 0.5) is 4.79 Å². The summed E-state index contributed by atoms with van der Waals surface area (Å²) in [4.78, 5) is 23.6. The van der Waals surface area contributed by atoms with E-state index in [2.05, 4.69) is 20.3 Å². The van der Waals surface area contributed by atoms with Gasteiger partial charge in [-0.15, -0.1) is 0 Å². The summed E-state index contributed by atoms with van der Waals surface area (Å²) in [7, 11) is 0. The standard InChI is InChI=1S/C12H16ClN5O2/c1-12(2,3)20-11(19)14-4-5-18-7-17-10-8(9(18)13)15-6-16-10/h6-7H,4-5H2,1-3H3,(H,14,19). The molecule has 7 nitrogen and oxygen atoms in total. The molecule has 2 aliphatic heterocycles. The van der Waals surface area contributed by atoms with E-state index in [0.29, 0.717) is 29.8 Å². The topological polar surface area (TPSA) is 81.9 Å². The Balaban J connectivity index is 1.92. The van der Waals surface area contributed by atoms with Gasteiger partial charge in [-0.2, -0.15) is 0 Å². The van der Waals surface area contributed by atoms with E-state index in [1.54, 1.807) is 10.9 Å². The molecule has 2 heterocycles. The fourth-order valence-electron chi connectivity index (χ4n) is 1.56. The second-order valence-electron chi connectivity index (χ2n) is 5.20. The van der Waals surface area contributed by atoms with Crippen LogP contribution >= 0.6 is 11.6 Å². The van der Waals surface area contributed by atoms with Crippen molar-refractivity contribution < 1.29 is 9.53 Å². The molecule has 20 heavy (non-hydrogen) atoms. The van der Waals surface area contributed by atoms with Crippen LogP contribution in [-0.4, -0.2) is 37.8 Å². The van der Waals surface area contributed by atoms with Crippen molar-refractivity contribution in [2.24, 2.45) is 0 Å². The number of fused-ring (bicyclic) bond motifs is 1. The number of hydrogen-bond acceptors (Lipinski definition) is 5. The number of carbonyl (C=O) groups is 1. The molecule has 2 aliphatic rings. The Morgan fingerprint density at radius 3 is 2.85 bits per heavy atom. The maximum absolute atomic E-state index is 11.5. The van der Waals surface area contributed by atoms with E-state index in [4.69, 9.17) is 16.3 Å². The molecule has 8 heteroatoms. The molecule has 0 unspecified atom stereocenters. The summed E-state index contributed by atoms with van der Waals surface area (Å²) in [5, 5.41) is 3.10. The molecular weight excluding hydrogens is 282 g/mol. The molecule has 0 saturated heterocycles. The summed E-state index contributed by atoms with van der Waals surface area (Å²) in [6, 6.07) is 0. The van der Waals surface area contributed by atoms with Crippen molar-refractivity contribution in [1.82, 2.24) is 24.8 Å². The zero-order chi connectivity index (χ0) is 14.8. The fourth-order valence-corrected chi connectivity index (χ4v) is 1.82. The maximum atomic E-state index is 11.5. The average molecular weight is 298 g/mol. The van der Waals surface area contributed by atoms with Crippen LogP contribution in [0.5, 0.6) is 0 Å². The largest absolute Gasteiger partial charge is 0.444 e. The molecule has 1 amide bonds. The van der Waals surface area contributed by atoms with E-state index in [-0.39, 0.29) is 0 Å². The number of rotatable bonds is 3. The molecule has 0 aromatic carbocycles. The minimum Gasteiger partial charge on any atom is -0.444 e. The van der Waals surface area contributed by atoms with Crippen molar-refractivity contribution in [3.8, 4) is 11.5 Å². The number of alkyl carbamates (subject to hydrolysis) is 1. The number of ether oxygens (including phenoxy) is 1. The van der Waals surface area contributed by atoms with E-state index in [1.165, 1.54) is 6.33 Å². The summed E-state index contributed by atoms with van der Waals surface area (Å²) >= 11 is 6.18. The van der Waals surface area contributed by atoms with E-state index >= 15 is 0 Å². The Bertz CT molecular complexity index is 578. The Morgan fingerprint density at radius 2 is 2.15 bits per heavy atom. The Labute approximate surface area is 121 Å². The number of halogens is 1. The number of hydrogen-bond donors (Lipinski definition) is 1. The smallest absolute Gasteiger partial charge is 0.407 e. The average Bonchev–Trinajstić information content (AvgIpc) is 2.78. The first-order valence-corrected chi connectivity index (χ1v) is 6.53. The Hall–Kier alpha value is -1.89. The minimum absolute atomic E-state index is 0.376. The van der Waals surface area contributed by atoms with E-state index < -0.39 is 11.7 Å². The third-order valence-corrected chi connectivity index (χ3v) is 2.76. The van der Waals surface area contributed by atoms with E-state index in [0.717, 1.165) is 0 Å². The van der Waals surface area contributed by atoms with E-state index in [9.17, 15) is 4.79 Å². The highest BCUT2D eigenvalue weighted by molar-refractivity contribution is 6.31. The number of nitrogens with zero attached hydrogens (tertiary/aromatic N) is 4. The first-order chi connectivity index (χ1) is 9.37. The zero-order valence-corrected chi connectivity index (χ0v) is 12.3. The molecule has 0 bridgehead atoms. The minimum atomic E-state index is -0.514. The van der Waals surface area contributed by atoms with Crippen molar-refractivity contribution in [2.45, 2.75) is 32.9 Å². The molecular formula is C12H16ClN5O2. The molecule has 0 radical (unpaired) electrons. The second kappa shape index (κ2) is 5.62. The highest BCUT2D eigenvalue weighted by atomic mass is 35.5. The lowest BCUT2D eigenvalue weighted by atomic mass is 10.2. The van der Waals surface area contributed by atoms with Gasteiger partial charge in [-0.3, -0.25) is 0 Å². The molecule has 108 valence electrons. The summed E-state index contributed by atoms with van der Waals surface area (Å²) < 4.78 is 6.82. The summed E-state index contributed by atoms with van der Waals surface area (Å²) in [5.41, 5.74) is 0.0339. The van der Waals surface area contributed by atoms with Crippen molar-refractivity contribution in [3.63, 3.8) is 0 Å². The number of nitrogens with one attached hydrogen (secondary N) is 1. The lowest BCUT2D eigenvalue weighted by Crippen LogP contribution is -2.34. The van der Waals surface area contributed by atoms with Crippen molar-refractivity contribution in [3.05, 3.63) is 17.8 Å². The summed E-state index contributed by atoms with van der Waals surface area (Å²) in [6.45, 7) is 6.27. The Morgan fingerprint density at radius 1 is 1.40 bits per heavy atom. The van der Waals surface area contributed by atoms with Gasteiger partial charge in [0.2, 0.25) is 0 Å². The van der Waals surface area contributed by atoms with Gasteiger partial charge >= 0.3 is 6.09 Å². The van der Waals surface area contributed by atoms with Crippen LogP contribution in [0.1, 0.15) is 20.8 Å². The predicted molar refractivity (Wildman–Crippen MR) is 73.7 cm³/mol. The van der Waals surface area contributed by atoms with Crippen molar-refractivity contribution in [2.75, 3.05) is 6.54 Å². The molecule has 0 aliphatic carbocycles. The van der Waals surface area contributed by atoms with E-state index in [1.807, 2.05) is 20.8 Å². The highest BCUT2D eigenvalue weighted by Crippen LogP contribution is 2.23. The van der Waals surface area contributed by atoms with Gasteiger partial charge < -0.3 is 14.6 Å². The van der Waals surface area contributed by atoms with Crippen LogP contribution in [0.25, 0.3) is 11.5 Å². The molecule has 2 rings (SSSR count). The number of amides is 1. The number of carbonyl (C=O) groups excluding carboxylic acids is 1. The molecule has 0 saturated carbocycles. The van der Waals surface area contributed by atoms with Gasteiger partial charge in [0.25, 0.3) is 0 Å². The van der Waals surface area contributed by atoms with Gasteiger partial charge in [0.1, 0.15) is 22.8 Å². The van der Waals surface area contributed by atoms with Crippen molar-refractivity contribution in [1.29, 1.82) is 0 Å². The van der Waals surface area contributed by atoms with Crippen molar-refractivity contribution >= 4 is 17.7 Å². The van der Waals surface area contributed by atoms with Gasteiger partial charge in [0, 0.05) is 13.1 Å². The van der Waals surface area contributed by atoms with Crippen LogP contribution in [-0.2, 0) is 11.3 Å². The monoisotopic (exact) mass is 297 g/mol. The SMILES string of the molecule is CC(C)(C)OC(=O)NCCn1cnc2ncnc-2c1Cl. The first kappa shape index (κ1) is 14.5. The third-order valence-electron chi connectivity index (χ3n) is 2.37. The van der Waals surface area contributed by atoms with Crippen LogP contribution < -0.4 is 5.32 Å². The summed E-state index contributed by atoms with van der Waals surface area (Å²) in [6.07, 6.45) is 2.51. The van der Waals surface area contributed by atoms with Gasteiger partial charge in [-0.25, -0.2) is 19.7 Å².